The molecule has 0 saturated carbocycles. The smallest absolute Gasteiger partial charge is 0.0132 e. The molecule has 1 aliphatic rings. The van der Waals surface area contributed by atoms with E-state index in [0.717, 1.165) is 54.8 Å². The maximum Gasteiger partial charge on any atom is -0.0132 e. The van der Waals surface area contributed by atoms with Crippen LogP contribution in [-0.4, -0.2) is 14.1 Å². The van der Waals surface area contributed by atoms with Crippen molar-refractivity contribution in [2.45, 2.75) is 111 Å². The van der Waals surface area contributed by atoms with E-state index in [-0.39, 0.29) is 21.7 Å². The summed E-state index contributed by atoms with van der Waals surface area (Å²) in [5.41, 5.74) is 21.4. The molecule has 0 amide bonds. The first-order valence-corrected chi connectivity index (χ1v) is 28.2. The van der Waals surface area contributed by atoms with Crippen LogP contribution in [0.4, 0.5) is 11.5 Å². The summed E-state index contributed by atoms with van der Waals surface area (Å²) in [7, 11) is 0. The van der Waals surface area contributed by atoms with E-state index in [0.29, 0.717) is 6.54 Å². The summed E-state index contributed by atoms with van der Waals surface area (Å²) in [4.78, 5) is 7.44. The number of pyridine rings is 1. The van der Waals surface area contributed by atoms with Crippen LogP contribution in [-0.2, 0) is 47.6 Å². The van der Waals surface area contributed by atoms with Gasteiger partial charge in [0.1, 0.15) is 0 Å². The van der Waals surface area contributed by atoms with Gasteiger partial charge in [-0.05, 0) is 56.2 Å². The van der Waals surface area contributed by atoms with Crippen LogP contribution in [0.3, 0.4) is 0 Å². The summed E-state index contributed by atoms with van der Waals surface area (Å²) in [5, 5.41) is 0. The zero-order chi connectivity index (χ0) is 54.2. The molecule has 6 heteroatoms. The van der Waals surface area contributed by atoms with Gasteiger partial charge in [0.25, 0.3) is 0 Å². The third kappa shape index (κ3) is 10.1. The van der Waals surface area contributed by atoms with E-state index in [1.165, 1.54) is 66.8 Å². The van der Waals surface area contributed by atoms with E-state index < -0.39 is 0 Å². The van der Waals surface area contributed by atoms with E-state index in [1.54, 1.807) is 0 Å². The van der Waals surface area contributed by atoms with Gasteiger partial charge in [-0.25, -0.2) is 0 Å². The zero-order valence-electron chi connectivity index (χ0n) is 46.7. The average molecular weight is 1190 g/mol. The molecule has 0 bridgehead atoms. The van der Waals surface area contributed by atoms with Gasteiger partial charge in [0.15, 0.2) is 0 Å². The molecule has 0 spiro atoms. The number of ether oxygens (including phenoxy) is 1. The zero-order valence-corrected chi connectivity index (χ0v) is 49.0. The van der Waals surface area contributed by atoms with Crippen LogP contribution in [0.5, 0.6) is 11.5 Å². The number of para-hydroxylation sites is 2. The molecule has 3 heterocycles. The molecule has 1 aliphatic heterocycles. The molecule has 390 valence electrons. The maximum absolute atomic E-state index is 6.98. The fraction of sp³-hybridized carbons (Fsp3) is 0.239. The largest absolute Gasteiger partial charge is 0.0561 e. The Balaban J connectivity index is 1.02. The molecule has 0 radical (unpaired) electrons. The number of nitrogens with zero attached hydrogens (tertiary/aromatic N) is 4. The third-order valence-corrected chi connectivity index (χ3v) is 16.3. The van der Waals surface area contributed by atoms with E-state index in [9.17, 15) is 0 Å². The van der Waals surface area contributed by atoms with Crippen LogP contribution < -0.4 is 9.64 Å². The van der Waals surface area contributed by atoms with Crippen molar-refractivity contribution < 1.29 is 24.1 Å². The number of hydrogen-bond acceptors (Lipinski definition) is 3. The van der Waals surface area contributed by atoms with Crippen molar-refractivity contribution in [1.29, 1.82) is 0 Å². The monoisotopic (exact) mass is 1190 g/mol. The van der Waals surface area contributed by atoms with Crippen LogP contribution in [0.15, 0.2) is 194 Å². The van der Waals surface area contributed by atoms with Crippen LogP contribution >= 0.6 is 0 Å². The molecule has 0 atom stereocenters. The van der Waals surface area contributed by atoms with Crippen LogP contribution in [0.1, 0.15) is 111 Å². The predicted octanol–water partition coefficient (Wildman–Crippen LogP) is 19.2. The summed E-state index contributed by atoms with van der Waals surface area (Å²) < 4.78 is 12.9. The second kappa shape index (κ2) is 19.6. The van der Waals surface area contributed by atoms with E-state index in [4.69, 9.17) is 9.72 Å². The number of aromatic nitrogens is 3. The van der Waals surface area contributed by atoms with Crippen molar-refractivity contribution in [3.8, 4) is 67.4 Å². The molecule has 11 rings (SSSR count). The SMILES string of the molecule is CC(C)(C)c1cc(-c2ccc3c(c2)CN(c2cc(C(C)(C)C)ccn2)c2cc(Oc4cccc(-n5[c](=[Pt])n(-c6c(-c7ccccc7)cc(C(C)(C)C)cc6-c6ccccc6)c6ccccc65)c4)ccc2-3)cc(C(C)(C)C)c1. The summed E-state index contributed by atoms with van der Waals surface area (Å²) >= 11 is 2.54. The van der Waals surface area contributed by atoms with E-state index >= 15 is 0 Å². The van der Waals surface area contributed by atoms with Gasteiger partial charge in [0, 0.05) is 6.20 Å². The van der Waals surface area contributed by atoms with Gasteiger partial charge in [0.05, 0.1) is 0 Å². The number of imidazole rings is 1. The standard InChI is InChI=1S/C71H70N4O.Pt/c1-68(2,3)52-34-35-72-66(42-52)73-45-51-36-49(50-37-53(69(4,5)6)39-54(38-50)70(7,8)9)30-32-59(51)60-33-31-58(44-65(60)73)76-57-27-21-26-56(43-57)74-46-75(64-29-20-19-28-63(64)74)67-61(47-22-15-13-16-23-47)40-55(71(10,11)12)41-62(67)48-24-17-14-18-25-48;/h13-44H,45H2,1-12H3;. The first-order chi connectivity index (χ1) is 36.6. The van der Waals surface area contributed by atoms with Gasteiger partial charge in [-0.3, -0.25) is 0 Å². The molecular weight excluding hydrogens is 1120 g/mol. The molecule has 0 aliphatic carbocycles. The minimum absolute atomic E-state index is 0.0163. The Morgan fingerprint density at radius 2 is 0.961 bits per heavy atom. The Kier molecular flexibility index (Phi) is 13.2. The number of anilines is 2. The Bertz CT molecular complexity index is 3840. The Hall–Kier alpha value is -7.33. The normalized spacial score (nSPS) is 12.9. The molecule has 77 heavy (non-hydrogen) atoms. The number of rotatable bonds is 8. The number of fused-ring (bicyclic) bond motifs is 4. The van der Waals surface area contributed by atoms with Crippen molar-refractivity contribution in [2.24, 2.45) is 0 Å². The van der Waals surface area contributed by atoms with E-state index in [1.807, 2.05) is 6.20 Å². The van der Waals surface area contributed by atoms with Crippen molar-refractivity contribution in [3.05, 3.63) is 226 Å². The molecule has 0 fully saturated rings. The summed E-state index contributed by atoms with van der Waals surface area (Å²) in [6.45, 7) is 28.2. The first kappa shape index (κ1) is 51.8. The summed E-state index contributed by atoms with van der Waals surface area (Å²) in [6.07, 6.45) is 1.96. The third-order valence-electron chi connectivity index (χ3n) is 15.3. The molecular formula is C71H70N4OPt. The topological polar surface area (TPSA) is 35.2 Å². The second-order valence-corrected chi connectivity index (χ2v) is 26.0. The molecule has 2 aromatic heterocycles. The number of hydrogen-bond donors (Lipinski definition) is 0. The Morgan fingerprint density at radius 1 is 0.416 bits per heavy atom. The fourth-order valence-corrected chi connectivity index (χ4v) is 11.8. The van der Waals surface area contributed by atoms with Crippen LogP contribution in [0, 0.1) is 3.80 Å². The van der Waals surface area contributed by atoms with Gasteiger partial charge in [0.2, 0.25) is 0 Å². The second-order valence-electron chi connectivity index (χ2n) is 25.0. The van der Waals surface area contributed by atoms with Gasteiger partial charge in [-0.1, -0.05) is 86.6 Å². The van der Waals surface area contributed by atoms with Crippen molar-refractivity contribution in [3.63, 3.8) is 0 Å². The Labute approximate surface area is 467 Å². The Morgan fingerprint density at radius 3 is 1.56 bits per heavy atom. The summed E-state index contributed by atoms with van der Waals surface area (Å²) in [6, 6.07) is 69.0. The maximum atomic E-state index is 6.98. The molecule has 5 nitrogen and oxygen atoms in total. The van der Waals surface area contributed by atoms with Gasteiger partial charge in [-0.15, -0.1) is 0 Å². The van der Waals surface area contributed by atoms with Crippen molar-refractivity contribution in [1.82, 2.24) is 14.1 Å². The predicted molar refractivity (Wildman–Crippen MR) is 319 cm³/mol. The van der Waals surface area contributed by atoms with Gasteiger partial charge < -0.3 is 0 Å². The minimum atomic E-state index is -0.0757. The molecule has 8 aromatic carbocycles. The van der Waals surface area contributed by atoms with Crippen LogP contribution in [0.2, 0.25) is 0 Å². The van der Waals surface area contributed by atoms with Crippen LogP contribution in [0.25, 0.3) is 66.9 Å². The molecule has 0 unspecified atom stereocenters. The molecule has 10 aromatic rings. The number of benzene rings is 8. The minimum Gasteiger partial charge on any atom is -0.0561 e. The van der Waals surface area contributed by atoms with E-state index in [2.05, 4.69) is 305 Å². The van der Waals surface area contributed by atoms with Gasteiger partial charge >= 0.3 is 321 Å². The molecule has 0 N–H and O–H groups in total. The average Bonchev–Trinajstić information content (AvgIpc) is 3.77. The van der Waals surface area contributed by atoms with Crippen molar-refractivity contribution >= 4 is 22.5 Å². The quantitative estimate of drug-likeness (QED) is 0.152. The van der Waals surface area contributed by atoms with Crippen molar-refractivity contribution in [2.75, 3.05) is 4.90 Å². The van der Waals surface area contributed by atoms with Gasteiger partial charge in [-0.2, -0.15) is 0 Å². The fourth-order valence-electron chi connectivity index (χ4n) is 10.7. The first-order valence-electron chi connectivity index (χ1n) is 27.0. The molecule has 0 saturated heterocycles. The summed E-state index contributed by atoms with van der Waals surface area (Å²) in [5.74, 6) is 2.42.